The first-order valence-corrected chi connectivity index (χ1v) is 16.1. The predicted molar refractivity (Wildman–Crippen MR) is 187 cm³/mol. The van der Waals surface area contributed by atoms with Gasteiger partial charge in [-0.1, -0.05) is 82.2 Å². The van der Waals surface area contributed by atoms with Crippen LogP contribution in [-0.4, -0.2) is 40.6 Å². The molecule has 0 aliphatic rings. The molecular formula is C39H52O6. The molecule has 3 unspecified atom stereocenters. The number of hydrogen-bond donors (Lipinski definition) is 0. The maximum atomic E-state index is 6.44. The Bertz CT molecular complexity index is 1340. The smallest absolute Gasteiger partial charge is 0.203 e. The zero-order chi connectivity index (χ0) is 32.8. The lowest BCUT2D eigenvalue weighted by molar-refractivity contribution is 0.130. The van der Waals surface area contributed by atoms with E-state index in [4.69, 9.17) is 28.4 Å². The largest absolute Gasteiger partial charge is 0.493 e. The van der Waals surface area contributed by atoms with E-state index in [-0.39, 0.29) is 12.2 Å². The van der Waals surface area contributed by atoms with Crippen LogP contribution in [0.15, 0.2) is 48.5 Å². The van der Waals surface area contributed by atoms with Crippen LogP contribution < -0.4 is 28.4 Å². The predicted octanol–water partition coefficient (Wildman–Crippen LogP) is 10.2. The van der Waals surface area contributed by atoms with Gasteiger partial charge in [0.15, 0.2) is 23.0 Å². The van der Waals surface area contributed by atoms with Crippen molar-refractivity contribution in [2.24, 2.45) is 5.92 Å². The third kappa shape index (κ3) is 9.97. The van der Waals surface area contributed by atoms with Crippen LogP contribution in [0.5, 0.6) is 34.5 Å². The molecule has 6 nitrogen and oxygen atoms in total. The van der Waals surface area contributed by atoms with Gasteiger partial charge in [0, 0.05) is 0 Å². The SMILES string of the molecule is CCCCC(CC)C(C)Oc1c(OC)cc(C=Cc2ccc(C=Cc3cc(OC)c(OC(C)CC)c(OC)c3)cc2)cc1OC. The van der Waals surface area contributed by atoms with Crippen molar-refractivity contribution in [3.05, 3.63) is 70.8 Å². The zero-order valence-electron chi connectivity index (χ0n) is 28.6. The van der Waals surface area contributed by atoms with E-state index < -0.39 is 0 Å². The van der Waals surface area contributed by atoms with Gasteiger partial charge in [-0.25, -0.2) is 0 Å². The molecule has 45 heavy (non-hydrogen) atoms. The van der Waals surface area contributed by atoms with Crippen LogP contribution >= 0.6 is 0 Å². The Labute approximate surface area is 271 Å². The summed E-state index contributed by atoms with van der Waals surface area (Å²) in [6.45, 7) is 10.7. The van der Waals surface area contributed by atoms with Crippen LogP contribution in [0, 0.1) is 5.92 Å². The summed E-state index contributed by atoms with van der Waals surface area (Å²) < 4.78 is 35.2. The number of rotatable bonds is 18. The van der Waals surface area contributed by atoms with Crippen molar-refractivity contribution >= 4 is 24.3 Å². The summed E-state index contributed by atoms with van der Waals surface area (Å²) in [5.74, 6) is 4.39. The molecule has 0 fully saturated rings. The number of hydrogen-bond acceptors (Lipinski definition) is 6. The molecule has 6 heteroatoms. The highest BCUT2D eigenvalue weighted by atomic mass is 16.5. The Morgan fingerprint density at radius 1 is 0.556 bits per heavy atom. The molecule has 0 saturated heterocycles. The summed E-state index contributed by atoms with van der Waals surface area (Å²) >= 11 is 0. The van der Waals surface area contributed by atoms with E-state index in [0.717, 1.165) is 41.5 Å². The van der Waals surface area contributed by atoms with Gasteiger partial charge in [-0.2, -0.15) is 0 Å². The van der Waals surface area contributed by atoms with E-state index >= 15 is 0 Å². The van der Waals surface area contributed by atoms with Gasteiger partial charge in [0.2, 0.25) is 11.5 Å². The second-order valence-electron chi connectivity index (χ2n) is 11.3. The van der Waals surface area contributed by atoms with Gasteiger partial charge in [-0.3, -0.25) is 0 Å². The van der Waals surface area contributed by atoms with E-state index in [0.29, 0.717) is 40.4 Å². The molecule has 0 radical (unpaired) electrons. The fourth-order valence-corrected chi connectivity index (χ4v) is 5.13. The van der Waals surface area contributed by atoms with E-state index in [1.54, 1.807) is 28.4 Å². The van der Waals surface area contributed by atoms with Crippen molar-refractivity contribution in [1.29, 1.82) is 0 Å². The number of benzene rings is 3. The molecular weight excluding hydrogens is 564 g/mol. The number of methoxy groups -OCH3 is 4. The van der Waals surface area contributed by atoms with Crippen molar-refractivity contribution in [2.45, 2.75) is 78.9 Å². The Balaban J connectivity index is 1.75. The molecule has 0 amide bonds. The fraction of sp³-hybridized carbons (Fsp3) is 0.436. The first kappa shape index (κ1) is 35.4. The molecule has 0 bridgehead atoms. The van der Waals surface area contributed by atoms with Crippen molar-refractivity contribution in [1.82, 2.24) is 0 Å². The molecule has 0 aliphatic heterocycles. The maximum Gasteiger partial charge on any atom is 0.203 e. The first-order valence-electron chi connectivity index (χ1n) is 16.1. The first-order chi connectivity index (χ1) is 21.8. The van der Waals surface area contributed by atoms with Crippen LogP contribution in [0.2, 0.25) is 0 Å². The van der Waals surface area contributed by atoms with E-state index in [1.165, 1.54) is 12.8 Å². The summed E-state index contributed by atoms with van der Waals surface area (Å²) in [4.78, 5) is 0. The quantitative estimate of drug-likeness (QED) is 0.133. The van der Waals surface area contributed by atoms with Gasteiger partial charge >= 0.3 is 0 Å². The second-order valence-corrected chi connectivity index (χ2v) is 11.3. The van der Waals surface area contributed by atoms with E-state index in [9.17, 15) is 0 Å². The minimum Gasteiger partial charge on any atom is -0.493 e. The summed E-state index contributed by atoms with van der Waals surface area (Å²) in [5.41, 5.74) is 4.08. The lowest BCUT2D eigenvalue weighted by atomic mass is 9.94. The lowest BCUT2D eigenvalue weighted by Gasteiger charge is -2.26. The highest BCUT2D eigenvalue weighted by Gasteiger charge is 2.22. The van der Waals surface area contributed by atoms with Crippen LogP contribution in [-0.2, 0) is 0 Å². The third-order valence-corrected chi connectivity index (χ3v) is 8.15. The number of ether oxygens (including phenoxy) is 6. The summed E-state index contributed by atoms with van der Waals surface area (Å²) in [5, 5.41) is 0. The molecule has 0 aliphatic carbocycles. The van der Waals surface area contributed by atoms with E-state index in [1.807, 2.05) is 37.3 Å². The Hall–Kier alpha value is -4.06. The van der Waals surface area contributed by atoms with Gasteiger partial charge in [0.05, 0.1) is 40.6 Å². The average Bonchev–Trinajstić information content (AvgIpc) is 3.07. The van der Waals surface area contributed by atoms with Crippen molar-refractivity contribution in [3.63, 3.8) is 0 Å². The lowest BCUT2D eigenvalue weighted by Crippen LogP contribution is -2.23. The van der Waals surface area contributed by atoms with Gasteiger partial charge < -0.3 is 28.4 Å². The summed E-state index contributed by atoms with van der Waals surface area (Å²) in [7, 11) is 6.62. The minimum atomic E-state index is 0.0572. The minimum absolute atomic E-state index is 0.0572. The van der Waals surface area contributed by atoms with Crippen molar-refractivity contribution in [2.75, 3.05) is 28.4 Å². The van der Waals surface area contributed by atoms with Crippen molar-refractivity contribution < 1.29 is 28.4 Å². The van der Waals surface area contributed by atoms with Gasteiger partial charge in [0.1, 0.15) is 0 Å². The van der Waals surface area contributed by atoms with Crippen LogP contribution in [0.3, 0.4) is 0 Å². The molecule has 3 rings (SSSR count). The summed E-state index contributed by atoms with van der Waals surface area (Å²) in [6.07, 6.45) is 13.9. The second kappa shape index (κ2) is 18.0. The topological polar surface area (TPSA) is 55.4 Å². The highest BCUT2D eigenvalue weighted by molar-refractivity contribution is 5.75. The molecule has 0 N–H and O–H groups in total. The molecule has 3 atom stereocenters. The Morgan fingerprint density at radius 2 is 0.956 bits per heavy atom. The standard InChI is InChI=1S/C39H52O6/c1-10-13-14-33(12-3)28(5)45-39-36(42-8)25-32(26-37(39)43-9)22-20-30-17-15-29(16-18-30)19-21-31-23-34(40-6)38(35(24-31)41-7)44-27(4)11-2/h15-28,33H,10-14H2,1-9H3. The molecule has 244 valence electrons. The molecule has 0 heterocycles. The Kier molecular flexibility index (Phi) is 14.2. The number of unbranched alkanes of at least 4 members (excludes halogenated alkanes) is 1. The van der Waals surface area contributed by atoms with Crippen LogP contribution in [0.25, 0.3) is 24.3 Å². The van der Waals surface area contributed by atoms with Crippen molar-refractivity contribution in [3.8, 4) is 34.5 Å². The Morgan fingerprint density at radius 3 is 1.31 bits per heavy atom. The van der Waals surface area contributed by atoms with Crippen LogP contribution in [0.1, 0.15) is 89.0 Å². The maximum absolute atomic E-state index is 6.44. The van der Waals surface area contributed by atoms with Gasteiger partial charge in [0.25, 0.3) is 0 Å². The van der Waals surface area contributed by atoms with E-state index in [2.05, 4.69) is 70.2 Å². The molecule has 3 aromatic carbocycles. The average molecular weight is 617 g/mol. The van der Waals surface area contributed by atoms with Crippen LogP contribution in [0.4, 0.5) is 0 Å². The van der Waals surface area contributed by atoms with Gasteiger partial charge in [-0.15, -0.1) is 0 Å². The highest BCUT2D eigenvalue weighted by Crippen LogP contribution is 2.41. The monoisotopic (exact) mass is 616 g/mol. The molecule has 0 saturated carbocycles. The third-order valence-electron chi connectivity index (χ3n) is 8.15. The molecule has 0 aromatic heterocycles. The van der Waals surface area contributed by atoms with Gasteiger partial charge in [-0.05, 0) is 85.5 Å². The molecule has 0 spiro atoms. The fourth-order valence-electron chi connectivity index (χ4n) is 5.13. The zero-order valence-corrected chi connectivity index (χ0v) is 28.6. The summed E-state index contributed by atoms with van der Waals surface area (Å²) in [6, 6.07) is 16.3. The normalized spacial score (nSPS) is 13.4. The molecule has 3 aromatic rings.